The van der Waals surface area contributed by atoms with Crippen LogP contribution in [0.15, 0.2) is 70.4 Å². The largest absolute Gasteiger partial charge is 0.353 e. The second kappa shape index (κ2) is 7.96. The Hall–Kier alpha value is -3.11. The maximum atomic E-state index is 14.0. The highest BCUT2D eigenvalue weighted by molar-refractivity contribution is 7.89. The lowest BCUT2D eigenvalue weighted by atomic mass is 10.3. The Morgan fingerprint density at radius 3 is 2.27 bits per heavy atom. The second-order valence-electron chi connectivity index (χ2n) is 6.74. The average molecular weight is 432 g/mol. The summed E-state index contributed by atoms with van der Waals surface area (Å²) in [6, 6.07) is 14.3. The zero-order valence-electron chi connectivity index (χ0n) is 15.8. The molecule has 1 fully saturated rings. The van der Waals surface area contributed by atoms with Gasteiger partial charge in [0.25, 0.3) is 5.56 Å². The van der Waals surface area contributed by atoms with Crippen LogP contribution in [0, 0.1) is 11.6 Å². The quantitative estimate of drug-likeness (QED) is 0.631. The van der Waals surface area contributed by atoms with E-state index in [2.05, 4.69) is 5.10 Å². The fraction of sp³-hybridized carbons (Fsp3) is 0.200. The van der Waals surface area contributed by atoms with Gasteiger partial charge in [-0.3, -0.25) is 4.79 Å². The highest BCUT2D eigenvalue weighted by Gasteiger charge is 2.31. The normalized spacial score (nSPS) is 15.3. The fourth-order valence-corrected chi connectivity index (χ4v) is 4.79. The second-order valence-corrected chi connectivity index (χ2v) is 8.65. The third-order valence-electron chi connectivity index (χ3n) is 4.86. The number of hydrogen-bond acceptors (Lipinski definition) is 5. The number of piperazine rings is 1. The predicted octanol–water partition coefficient (Wildman–Crippen LogP) is 2.02. The monoisotopic (exact) mass is 432 g/mol. The molecule has 1 saturated heterocycles. The van der Waals surface area contributed by atoms with E-state index in [-0.39, 0.29) is 31.7 Å². The van der Waals surface area contributed by atoms with Gasteiger partial charge in [-0.2, -0.15) is 8.99 Å². The van der Waals surface area contributed by atoms with Crippen LogP contribution in [-0.4, -0.2) is 48.7 Å². The van der Waals surface area contributed by atoms with Gasteiger partial charge in [0.1, 0.15) is 22.3 Å². The van der Waals surface area contributed by atoms with Crippen LogP contribution < -0.4 is 10.5 Å². The topological polar surface area (TPSA) is 75.5 Å². The van der Waals surface area contributed by atoms with Gasteiger partial charge in [-0.15, -0.1) is 5.10 Å². The summed E-state index contributed by atoms with van der Waals surface area (Å²) in [5, 5.41) is 4.39. The summed E-state index contributed by atoms with van der Waals surface area (Å²) < 4.78 is 55.3. The highest BCUT2D eigenvalue weighted by atomic mass is 32.2. The van der Waals surface area contributed by atoms with Crippen LogP contribution in [0.2, 0.25) is 0 Å². The molecule has 0 atom stereocenters. The van der Waals surface area contributed by atoms with E-state index in [4.69, 9.17) is 0 Å². The molecular weight excluding hydrogens is 414 g/mol. The van der Waals surface area contributed by atoms with E-state index in [0.29, 0.717) is 17.6 Å². The van der Waals surface area contributed by atoms with Crippen LogP contribution in [0.3, 0.4) is 0 Å². The molecule has 10 heteroatoms. The molecular formula is C20H18F2N4O3S. The van der Waals surface area contributed by atoms with Gasteiger partial charge >= 0.3 is 0 Å². The number of halogens is 2. The molecule has 0 N–H and O–H groups in total. The van der Waals surface area contributed by atoms with Crippen molar-refractivity contribution in [1.29, 1.82) is 0 Å². The lowest BCUT2D eigenvalue weighted by Crippen LogP contribution is -2.49. The fourth-order valence-electron chi connectivity index (χ4n) is 3.30. The first-order chi connectivity index (χ1) is 14.4. The number of aromatic nitrogens is 2. The number of para-hydroxylation sites is 1. The first-order valence-corrected chi connectivity index (χ1v) is 10.7. The number of rotatable bonds is 4. The molecule has 0 bridgehead atoms. The van der Waals surface area contributed by atoms with E-state index in [1.165, 1.54) is 10.7 Å². The van der Waals surface area contributed by atoms with Gasteiger partial charge in [0.15, 0.2) is 0 Å². The Labute approximate surface area is 171 Å². The number of hydrogen-bond donors (Lipinski definition) is 0. The number of benzene rings is 2. The molecule has 7 nitrogen and oxygen atoms in total. The smallest absolute Gasteiger partial charge is 0.271 e. The van der Waals surface area contributed by atoms with E-state index < -0.39 is 26.6 Å². The molecule has 1 aliphatic heterocycles. The minimum absolute atomic E-state index is 0.0738. The van der Waals surface area contributed by atoms with E-state index in [1.807, 2.05) is 11.0 Å². The van der Waals surface area contributed by atoms with Crippen molar-refractivity contribution in [2.45, 2.75) is 4.90 Å². The molecule has 156 valence electrons. The molecule has 1 aliphatic rings. The summed E-state index contributed by atoms with van der Waals surface area (Å²) in [6.45, 7) is 0.723. The lowest BCUT2D eigenvalue weighted by Gasteiger charge is -2.34. The third-order valence-corrected chi connectivity index (χ3v) is 6.77. The van der Waals surface area contributed by atoms with Crippen molar-refractivity contribution < 1.29 is 17.2 Å². The van der Waals surface area contributed by atoms with Crippen molar-refractivity contribution in [3.05, 3.63) is 82.7 Å². The molecule has 0 radical (unpaired) electrons. The van der Waals surface area contributed by atoms with Crippen molar-refractivity contribution in [3.8, 4) is 5.69 Å². The van der Waals surface area contributed by atoms with E-state index in [1.54, 1.807) is 30.3 Å². The van der Waals surface area contributed by atoms with E-state index in [9.17, 15) is 22.0 Å². The van der Waals surface area contributed by atoms with Crippen molar-refractivity contribution in [3.63, 3.8) is 0 Å². The summed E-state index contributed by atoms with van der Waals surface area (Å²) >= 11 is 0. The summed E-state index contributed by atoms with van der Waals surface area (Å²) in [4.78, 5) is 13.3. The molecule has 0 unspecified atom stereocenters. The van der Waals surface area contributed by atoms with Gasteiger partial charge in [0.2, 0.25) is 10.0 Å². The molecule has 2 heterocycles. The number of nitrogens with zero attached hydrogens (tertiary/aromatic N) is 4. The molecule has 4 rings (SSSR count). The SMILES string of the molecule is O=c1ccc(N2CCN(S(=O)(=O)c3cc(F)ccc3F)CC2)nn1-c1ccccc1. The minimum atomic E-state index is -4.16. The third kappa shape index (κ3) is 3.83. The summed E-state index contributed by atoms with van der Waals surface area (Å²) in [5.41, 5.74) is 0.333. The van der Waals surface area contributed by atoms with Gasteiger partial charge in [-0.25, -0.2) is 17.2 Å². The predicted molar refractivity (Wildman–Crippen MR) is 107 cm³/mol. The Morgan fingerprint density at radius 2 is 1.57 bits per heavy atom. The highest BCUT2D eigenvalue weighted by Crippen LogP contribution is 2.23. The number of anilines is 1. The van der Waals surface area contributed by atoms with Gasteiger partial charge in [0, 0.05) is 32.2 Å². The maximum Gasteiger partial charge on any atom is 0.271 e. The molecule has 30 heavy (non-hydrogen) atoms. The zero-order chi connectivity index (χ0) is 21.3. The number of sulfonamides is 1. The van der Waals surface area contributed by atoms with Crippen LogP contribution in [0.1, 0.15) is 0 Å². The zero-order valence-corrected chi connectivity index (χ0v) is 16.6. The average Bonchev–Trinajstić information content (AvgIpc) is 2.76. The lowest BCUT2D eigenvalue weighted by molar-refractivity contribution is 0.380. The van der Waals surface area contributed by atoms with Gasteiger partial charge in [-0.1, -0.05) is 18.2 Å². The first-order valence-electron chi connectivity index (χ1n) is 9.22. The Kier molecular flexibility index (Phi) is 5.35. The molecule has 3 aromatic rings. The minimum Gasteiger partial charge on any atom is -0.353 e. The van der Waals surface area contributed by atoms with Crippen molar-refractivity contribution >= 4 is 15.8 Å². The molecule has 2 aromatic carbocycles. The van der Waals surface area contributed by atoms with Crippen LogP contribution in [-0.2, 0) is 10.0 Å². The van der Waals surface area contributed by atoms with Crippen molar-refractivity contribution in [1.82, 2.24) is 14.1 Å². The van der Waals surface area contributed by atoms with Crippen LogP contribution >= 0.6 is 0 Å². The summed E-state index contributed by atoms with van der Waals surface area (Å²) in [5.74, 6) is -1.29. The van der Waals surface area contributed by atoms with Crippen LogP contribution in [0.4, 0.5) is 14.6 Å². The maximum absolute atomic E-state index is 14.0. The Morgan fingerprint density at radius 1 is 0.867 bits per heavy atom. The van der Waals surface area contributed by atoms with Gasteiger partial charge in [0.05, 0.1) is 5.69 Å². The molecule has 0 spiro atoms. The van der Waals surface area contributed by atoms with Crippen molar-refractivity contribution in [2.75, 3.05) is 31.1 Å². The molecule has 0 amide bonds. The Balaban J connectivity index is 1.54. The first kappa shape index (κ1) is 20.2. The van der Waals surface area contributed by atoms with Gasteiger partial charge < -0.3 is 4.90 Å². The van der Waals surface area contributed by atoms with Gasteiger partial charge in [-0.05, 0) is 36.4 Å². The summed E-state index contributed by atoms with van der Waals surface area (Å²) in [6.07, 6.45) is 0. The molecule has 1 aromatic heterocycles. The van der Waals surface area contributed by atoms with Crippen LogP contribution in [0.25, 0.3) is 5.69 Å². The van der Waals surface area contributed by atoms with Crippen LogP contribution in [0.5, 0.6) is 0 Å². The van der Waals surface area contributed by atoms with Crippen molar-refractivity contribution in [2.24, 2.45) is 0 Å². The van der Waals surface area contributed by atoms with E-state index >= 15 is 0 Å². The Bertz CT molecular complexity index is 1220. The molecule has 0 saturated carbocycles. The summed E-state index contributed by atoms with van der Waals surface area (Å²) in [7, 11) is -4.16. The molecule has 0 aliphatic carbocycles. The van der Waals surface area contributed by atoms with E-state index in [0.717, 1.165) is 16.4 Å². The standard InChI is InChI=1S/C20H18F2N4O3S/c21-15-6-7-17(22)18(14-15)30(28,29)25-12-10-24(11-13-25)19-8-9-20(27)26(23-19)16-4-2-1-3-5-16/h1-9,14H,10-13H2.